The molecule has 0 amide bonds. The fourth-order valence-corrected chi connectivity index (χ4v) is 3.12. The molecule has 0 bridgehead atoms. The van der Waals surface area contributed by atoms with Crippen molar-refractivity contribution in [3.63, 3.8) is 0 Å². The Bertz CT molecular complexity index is 887. The van der Waals surface area contributed by atoms with Crippen LogP contribution >= 0.6 is 0 Å². The minimum atomic E-state index is 0.176. The summed E-state index contributed by atoms with van der Waals surface area (Å²) in [4.78, 5) is 11.6. The fraction of sp³-hybridized carbons (Fsp3) is 0.333. The van der Waals surface area contributed by atoms with Gasteiger partial charge in [-0.2, -0.15) is 0 Å². The van der Waals surface area contributed by atoms with Crippen LogP contribution in [0.25, 0.3) is 22.2 Å². The lowest BCUT2D eigenvalue weighted by Crippen LogP contribution is -2.36. The van der Waals surface area contributed by atoms with Gasteiger partial charge < -0.3 is 14.4 Å². The first-order valence-corrected chi connectivity index (χ1v) is 9.06. The maximum Gasteiger partial charge on any atom is 0.148 e. The van der Waals surface area contributed by atoms with Gasteiger partial charge in [-0.3, -0.25) is 4.98 Å². The van der Waals surface area contributed by atoms with E-state index < -0.39 is 0 Å². The van der Waals surface area contributed by atoms with Gasteiger partial charge in [0.1, 0.15) is 11.6 Å². The fourth-order valence-electron chi connectivity index (χ4n) is 3.12. The summed E-state index contributed by atoms with van der Waals surface area (Å²) in [5, 5.41) is 0. The molecule has 0 atom stereocenters. The lowest BCUT2D eigenvalue weighted by Gasteiger charge is -2.27. The topological polar surface area (TPSA) is 47.5 Å². The Balaban J connectivity index is 1.63. The zero-order valence-electron chi connectivity index (χ0n) is 15.2. The lowest BCUT2D eigenvalue weighted by molar-refractivity contribution is 0.122. The van der Waals surface area contributed by atoms with Gasteiger partial charge in [-0.25, -0.2) is 4.98 Å². The van der Waals surface area contributed by atoms with Crippen LogP contribution < -0.4 is 9.64 Å². The molecule has 1 aromatic heterocycles. The van der Waals surface area contributed by atoms with Crippen molar-refractivity contribution in [2.75, 3.05) is 31.2 Å². The smallest absolute Gasteiger partial charge is 0.148 e. The molecule has 2 aromatic carbocycles. The highest BCUT2D eigenvalue weighted by Gasteiger charge is 2.13. The molecule has 0 N–H and O–H groups in total. The van der Waals surface area contributed by atoms with Gasteiger partial charge in [0.25, 0.3) is 0 Å². The van der Waals surface area contributed by atoms with Gasteiger partial charge in [-0.1, -0.05) is 18.2 Å². The molecular formula is C21H23N3O2. The van der Waals surface area contributed by atoms with Crippen molar-refractivity contribution in [1.82, 2.24) is 9.97 Å². The van der Waals surface area contributed by atoms with Crippen molar-refractivity contribution in [3.8, 4) is 16.9 Å². The highest BCUT2D eigenvalue weighted by Crippen LogP contribution is 2.26. The Morgan fingerprint density at radius 1 is 0.962 bits per heavy atom. The van der Waals surface area contributed by atoms with E-state index in [1.807, 2.05) is 38.2 Å². The Morgan fingerprint density at radius 3 is 2.42 bits per heavy atom. The maximum atomic E-state index is 5.72. The molecule has 0 spiro atoms. The highest BCUT2D eigenvalue weighted by molar-refractivity contribution is 5.82. The largest absolute Gasteiger partial charge is 0.491 e. The SMILES string of the molecule is CC(C)Oc1ccc(-c2ccc3ncc(N4CCOCC4)nc3c2)cc1. The summed E-state index contributed by atoms with van der Waals surface area (Å²) >= 11 is 0. The van der Waals surface area contributed by atoms with E-state index in [9.17, 15) is 0 Å². The van der Waals surface area contributed by atoms with Gasteiger partial charge in [0.2, 0.25) is 0 Å². The number of nitrogens with zero attached hydrogens (tertiary/aromatic N) is 3. The molecule has 5 heteroatoms. The van der Waals surface area contributed by atoms with Crippen LogP contribution in [0.3, 0.4) is 0 Å². The molecule has 2 heterocycles. The summed E-state index contributed by atoms with van der Waals surface area (Å²) in [5.74, 6) is 1.80. The number of aromatic nitrogens is 2. The van der Waals surface area contributed by atoms with E-state index in [1.54, 1.807) is 0 Å². The summed E-state index contributed by atoms with van der Waals surface area (Å²) in [6.45, 7) is 7.26. The Hall–Kier alpha value is -2.66. The van der Waals surface area contributed by atoms with Gasteiger partial charge in [0.15, 0.2) is 0 Å². The molecule has 1 saturated heterocycles. The van der Waals surface area contributed by atoms with Crippen LogP contribution in [-0.2, 0) is 4.74 Å². The van der Waals surface area contributed by atoms with Gasteiger partial charge >= 0.3 is 0 Å². The third kappa shape index (κ3) is 3.63. The van der Waals surface area contributed by atoms with Crippen molar-refractivity contribution < 1.29 is 9.47 Å². The molecule has 1 aliphatic heterocycles. The first kappa shape index (κ1) is 16.8. The summed E-state index contributed by atoms with van der Waals surface area (Å²) in [6.07, 6.45) is 2.03. The molecular weight excluding hydrogens is 326 g/mol. The number of morpholine rings is 1. The molecule has 1 fully saturated rings. The number of anilines is 1. The summed E-state index contributed by atoms with van der Waals surface area (Å²) in [7, 11) is 0. The zero-order valence-corrected chi connectivity index (χ0v) is 15.2. The molecule has 0 unspecified atom stereocenters. The number of ether oxygens (including phenoxy) is 2. The van der Waals surface area contributed by atoms with E-state index in [4.69, 9.17) is 14.5 Å². The molecule has 5 nitrogen and oxygen atoms in total. The van der Waals surface area contributed by atoms with E-state index in [0.29, 0.717) is 0 Å². The first-order chi connectivity index (χ1) is 12.7. The minimum absolute atomic E-state index is 0.176. The van der Waals surface area contributed by atoms with E-state index in [2.05, 4.69) is 34.1 Å². The van der Waals surface area contributed by atoms with Crippen molar-refractivity contribution in [2.24, 2.45) is 0 Å². The summed E-state index contributed by atoms with van der Waals surface area (Å²) in [6, 6.07) is 14.4. The van der Waals surface area contributed by atoms with E-state index in [1.165, 1.54) is 0 Å². The van der Waals surface area contributed by atoms with Gasteiger partial charge in [0, 0.05) is 13.1 Å². The average molecular weight is 349 g/mol. The number of hydrogen-bond donors (Lipinski definition) is 0. The number of benzene rings is 2. The van der Waals surface area contributed by atoms with Crippen molar-refractivity contribution >= 4 is 16.9 Å². The van der Waals surface area contributed by atoms with Gasteiger partial charge in [-0.15, -0.1) is 0 Å². The normalized spacial score (nSPS) is 14.8. The van der Waals surface area contributed by atoms with Crippen molar-refractivity contribution in [2.45, 2.75) is 20.0 Å². The molecule has 0 saturated carbocycles. The summed E-state index contributed by atoms with van der Waals surface area (Å²) < 4.78 is 11.1. The van der Waals surface area contributed by atoms with Crippen LogP contribution in [0.5, 0.6) is 5.75 Å². The number of rotatable bonds is 4. The maximum absolute atomic E-state index is 5.72. The Labute approximate surface area is 153 Å². The standard InChI is InChI=1S/C21H23N3O2/c1-15(2)26-18-6-3-16(4-7-18)17-5-8-19-20(13-17)23-21(14-22-19)24-9-11-25-12-10-24/h3-8,13-15H,9-12H2,1-2H3. The quantitative estimate of drug-likeness (QED) is 0.714. The molecule has 4 rings (SSSR count). The molecule has 0 aliphatic carbocycles. The molecule has 0 radical (unpaired) electrons. The predicted molar refractivity (Wildman–Crippen MR) is 104 cm³/mol. The minimum Gasteiger partial charge on any atom is -0.491 e. The summed E-state index contributed by atoms with van der Waals surface area (Å²) in [5.41, 5.74) is 4.09. The Morgan fingerprint density at radius 2 is 1.69 bits per heavy atom. The third-order valence-corrected chi connectivity index (χ3v) is 4.42. The zero-order chi connectivity index (χ0) is 17.9. The van der Waals surface area contributed by atoms with Gasteiger partial charge in [-0.05, 0) is 49.2 Å². The first-order valence-electron chi connectivity index (χ1n) is 9.06. The van der Waals surface area contributed by atoms with Crippen LogP contribution in [0.2, 0.25) is 0 Å². The molecule has 26 heavy (non-hydrogen) atoms. The van der Waals surface area contributed by atoms with Crippen LogP contribution in [-0.4, -0.2) is 42.4 Å². The third-order valence-electron chi connectivity index (χ3n) is 4.42. The van der Waals surface area contributed by atoms with Crippen molar-refractivity contribution in [1.29, 1.82) is 0 Å². The van der Waals surface area contributed by atoms with Crippen molar-refractivity contribution in [3.05, 3.63) is 48.7 Å². The lowest BCUT2D eigenvalue weighted by atomic mass is 10.0. The number of fused-ring (bicyclic) bond motifs is 1. The second-order valence-corrected chi connectivity index (χ2v) is 6.72. The van der Waals surface area contributed by atoms with E-state index >= 15 is 0 Å². The predicted octanol–water partition coefficient (Wildman–Crippen LogP) is 3.92. The highest BCUT2D eigenvalue weighted by atomic mass is 16.5. The monoisotopic (exact) mass is 349 g/mol. The molecule has 1 aliphatic rings. The molecule has 134 valence electrons. The van der Waals surface area contributed by atoms with Crippen LogP contribution in [0, 0.1) is 0 Å². The van der Waals surface area contributed by atoms with Gasteiger partial charge in [0.05, 0.1) is 36.5 Å². The Kier molecular flexibility index (Phi) is 4.71. The number of hydrogen-bond acceptors (Lipinski definition) is 5. The van der Waals surface area contributed by atoms with E-state index in [-0.39, 0.29) is 6.10 Å². The van der Waals surface area contributed by atoms with Crippen LogP contribution in [0.1, 0.15) is 13.8 Å². The second kappa shape index (κ2) is 7.30. The van der Waals surface area contributed by atoms with Crippen LogP contribution in [0.15, 0.2) is 48.7 Å². The second-order valence-electron chi connectivity index (χ2n) is 6.72. The molecule has 3 aromatic rings. The van der Waals surface area contributed by atoms with E-state index in [0.717, 1.165) is 60.0 Å². The van der Waals surface area contributed by atoms with Crippen LogP contribution in [0.4, 0.5) is 5.82 Å². The average Bonchev–Trinajstić information content (AvgIpc) is 2.68.